The summed E-state index contributed by atoms with van der Waals surface area (Å²) in [4.78, 5) is 11.1. The van der Waals surface area contributed by atoms with Gasteiger partial charge in [-0.25, -0.2) is 13.9 Å². The summed E-state index contributed by atoms with van der Waals surface area (Å²) >= 11 is 0. The van der Waals surface area contributed by atoms with E-state index in [-0.39, 0.29) is 5.56 Å². The van der Waals surface area contributed by atoms with Crippen molar-refractivity contribution in [2.45, 2.75) is 0 Å². The van der Waals surface area contributed by atoms with E-state index in [4.69, 9.17) is 5.11 Å². The maximum absolute atomic E-state index is 13.8. The summed E-state index contributed by atoms with van der Waals surface area (Å²) < 4.78 is 15.2. The predicted octanol–water partition coefficient (Wildman–Crippen LogP) is 2.86. The van der Waals surface area contributed by atoms with Crippen molar-refractivity contribution in [1.82, 2.24) is 9.78 Å². The Morgan fingerprint density at radius 1 is 1.16 bits per heavy atom. The molecule has 94 valence electrons. The first-order valence-electron chi connectivity index (χ1n) is 5.63. The van der Waals surface area contributed by atoms with Crippen molar-refractivity contribution in [2.24, 2.45) is 0 Å². The lowest BCUT2D eigenvalue weighted by atomic mass is 10.1. The van der Waals surface area contributed by atoms with E-state index in [1.54, 1.807) is 30.3 Å². The number of carbonyl (C=O) groups is 1. The minimum absolute atomic E-state index is 0.153. The number of hydrogen-bond donors (Lipinski definition) is 1. The Bertz CT molecular complexity index is 780. The topological polar surface area (TPSA) is 55.1 Å². The quantitative estimate of drug-likeness (QED) is 0.767. The van der Waals surface area contributed by atoms with Gasteiger partial charge in [0.15, 0.2) is 0 Å². The van der Waals surface area contributed by atoms with Crippen molar-refractivity contribution in [3.63, 3.8) is 0 Å². The Balaban J connectivity index is 2.31. The normalized spacial score (nSPS) is 10.8. The zero-order chi connectivity index (χ0) is 13.4. The maximum Gasteiger partial charge on any atom is 0.336 e. The highest BCUT2D eigenvalue weighted by atomic mass is 19.1. The highest BCUT2D eigenvalue weighted by Gasteiger charge is 2.14. The molecule has 4 nitrogen and oxygen atoms in total. The van der Waals surface area contributed by atoms with Crippen molar-refractivity contribution < 1.29 is 14.3 Å². The van der Waals surface area contributed by atoms with Gasteiger partial charge in [0.1, 0.15) is 11.5 Å². The number of halogens is 1. The molecule has 3 aromatic rings. The molecule has 2 aromatic carbocycles. The Hall–Kier alpha value is -2.69. The van der Waals surface area contributed by atoms with Crippen LogP contribution in [0.4, 0.5) is 4.39 Å². The summed E-state index contributed by atoms with van der Waals surface area (Å²) in [6.45, 7) is 0. The molecule has 0 atom stereocenters. The SMILES string of the molecule is O=C(O)c1cccc2c1cnn2-c1ccccc1F. The molecule has 0 saturated heterocycles. The number of rotatable bonds is 2. The molecule has 19 heavy (non-hydrogen) atoms. The summed E-state index contributed by atoms with van der Waals surface area (Å²) in [5.41, 5.74) is 1.00. The molecule has 0 radical (unpaired) electrons. The van der Waals surface area contributed by atoms with Gasteiger partial charge in [0.25, 0.3) is 0 Å². The van der Waals surface area contributed by atoms with E-state index in [1.807, 2.05) is 0 Å². The number of benzene rings is 2. The highest BCUT2D eigenvalue weighted by Crippen LogP contribution is 2.23. The van der Waals surface area contributed by atoms with E-state index >= 15 is 0 Å². The fraction of sp³-hybridized carbons (Fsp3) is 0. The molecule has 0 unspecified atom stereocenters. The van der Waals surface area contributed by atoms with Gasteiger partial charge < -0.3 is 5.11 Å². The van der Waals surface area contributed by atoms with E-state index < -0.39 is 11.8 Å². The second kappa shape index (κ2) is 4.20. The minimum atomic E-state index is -1.03. The third-order valence-electron chi connectivity index (χ3n) is 2.92. The zero-order valence-corrected chi connectivity index (χ0v) is 9.75. The summed E-state index contributed by atoms with van der Waals surface area (Å²) in [6, 6.07) is 11.0. The smallest absolute Gasteiger partial charge is 0.336 e. The van der Waals surface area contributed by atoms with E-state index in [9.17, 15) is 9.18 Å². The van der Waals surface area contributed by atoms with Crippen LogP contribution >= 0.6 is 0 Å². The molecule has 0 aliphatic carbocycles. The summed E-state index contributed by atoms with van der Waals surface area (Å²) in [5, 5.41) is 13.7. The Morgan fingerprint density at radius 2 is 1.95 bits per heavy atom. The number of aromatic carboxylic acids is 1. The number of aromatic nitrogens is 2. The van der Waals surface area contributed by atoms with Gasteiger partial charge in [0.05, 0.1) is 17.3 Å². The molecule has 0 aliphatic rings. The molecule has 0 aliphatic heterocycles. The molecule has 3 rings (SSSR count). The van der Waals surface area contributed by atoms with Crippen LogP contribution in [0.15, 0.2) is 48.7 Å². The lowest BCUT2D eigenvalue weighted by molar-refractivity contribution is 0.0699. The molecule has 0 amide bonds. The van der Waals surface area contributed by atoms with E-state index in [0.29, 0.717) is 16.6 Å². The highest BCUT2D eigenvalue weighted by molar-refractivity contribution is 6.02. The van der Waals surface area contributed by atoms with Crippen molar-refractivity contribution in [3.8, 4) is 5.69 Å². The molecule has 5 heteroatoms. The van der Waals surface area contributed by atoms with Crippen LogP contribution in [-0.4, -0.2) is 20.9 Å². The first-order chi connectivity index (χ1) is 9.18. The lowest BCUT2D eigenvalue weighted by Crippen LogP contribution is -2.00. The molecule has 1 heterocycles. The standard InChI is InChI=1S/C14H9FN2O2/c15-11-5-1-2-6-13(11)17-12-7-3-4-9(14(18)19)10(12)8-16-17/h1-8H,(H,18,19). The van der Waals surface area contributed by atoms with Crippen LogP contribution < -0.4 is 0 Å². The number of carboxylic acid groups (broad SMARTS) is 1. The van der Waals surface area contributed by atoms with E-state index in [0.717, 1.165) is 0 Å². The van der Waals surface area contributed by atoms with E-state index in [2.05, 4.69) is 5.10 Å². The summed E-state index contributed by atoms with van der Waals surface area (Å²) in [5.74, 6) is -1.44. The molecule has 0 fully saturated rings. The second-order valence-corrected chi connectivity index (χ2v) is 4.05. The van der Waals surface area contributed by atoms with Gasteiger partial charge in [-0.15, -0.1) is 0 Å². The molecule has 1 N–H and O–H groups in total. The lowest BCUT2D eigenvalue weighted by Gasteiger charge is -2.05. The van der Waals surface area contributed by atoms with Crippen LogP contribution in [0.25, 0.3) is 16.6 Å². The van der Waals surface area contributed by atoms with E-state index in [1.165, 1.54) is 23.0 Å². The number of nitrogens with zero attached hydrogens (tertiary/aromatic N) is 2. The van der Waals surface area contributed by atoms with Gasteiger partial charge in [-0.3, -0.25) is 0 Å². The summed E-state index contributed by atoms with van der Waals surface area (Å²) in [7, 11) is 0. The van der Waals surface area contributed by atoms with Crippen LogP contribution in [0.5, 0.6) is 0 Å². The molecule has 1 aromatic heterocycles. The van der Waals surface area contributed by atoms with Gasteiger partial charge in [-0.05, 0) is 24.3 Å². The Labute approximate surface area is 107 Å². The first-order valence-corrected chi connectivity index (χ1v) is 5.63. The van der Waals surface area contributed by atoms with Gasteiger partial charge in [0, 0.05) is 5.39 Å². The number of hydrogen-bond acceptors (Lipinski definition) is 2. The Morgan fingerprint density at radius 3 is 2.68 bits per heavy atom. The predicted molar refractivity (Wildman–Crippen MR) is 68.0 cm³/mol. The van der Waals surface area contributed by atoms with Crippen LogP contribution in [0, 0.1) is 5.82 Å². The molecule has 0 bridgehead atoms. The van der Waals surface area contributed by atoms with Gasteiger partial charge in [-0.2, -0.15) is 5.10 Å². The van der Waals surface area contributed by atoms with Gasteiger partial charge >= 0.3 is 5.97 Å². The molecular weight excluding hydrogens is 247 g/mol. The maximum atomic E-state index is 13.8. The monoisotopic (exact) mass is 256 g/mol. The first kappa shape index (κ1) is 11.4. The van der Waals surface area contributed by atoms with Gasteiger partial charge in [0.2, 0.25) is 0 Å². The molecular formula is C14H9FN2O2. The fourth-order valence-corrected chi connectivity index (χ4v) is 2.05. The average Bonchev–Trinajstić information content (AvgIpc) is 2.82. The van der Waals surface area contributed by atoms with Crippen molar-refractivity contribution >= 4 is 16.9 Å². The minimum Gasteiger partial charge on any atom is -0.478 e. The molecule has 0 spiro atoms. The average molecular weight is 256 g/mol. The third-order valence-corrected chi connectivity index (χ3v) is 2.92. The summed E-state index contributed by atoms with van der Waals surface area (Å²) in [6.07, 6.45) is 1.44. The van der Waals surface area contributed by atoms with Crippen molar-refractivity contribution in [2.75, 3.05) is 0 Å². The Kier molecular flexibility index (Phi) is 2.52. The third kappa shape index (κ3) is 1.76. The largest absolute Gasteiger partial charge is 0.478 e. The van der Waals surface area contributed by atoms with Crippen molar-refractivity contribution in [3.05, 3.63) is 60.0 Å². The second-order valence-electron chi connectivity index (χ2n) is 4.05. The van der Waals surface area contributed by atoms with Crippen LogP contribution in [0.2, 0.25) is 0 Å². The van der Waals surface area contributed by atoms with Crippen molar-refractivity contribution in [1.29, 1.82) is 0 Å². The number of carboxylic acids is 1. The van der Waals surface area contributed by atoms with Crippen LogP contribution in [0.3, 0.4) is 0 Å². The fourth-order valence-electron chi connectivity index (χ4n) is 2.05. The van der Waals surface area contributed by atoms with Gasteiger partial charge in [-0.1, -0.05) is 18.2 Å². The molecule has 0 saturated carbocycles. The van der Waals surface area contributed by atoms with Crippen LogP contribution in [-0.2, 0) is 0 Å². The number of para-hydroxylation sites is 1. The zero-order valence-electron chi connectivity index (χ0n) is 9.75. The number of fused-ring (bicyclic) bond motifs is 1. The van der Waals surface area contributed by atoms with Crippen LogP contribution in [0.1, 0.15) is 10.4 Å².